The number of hydrogen-bond acceptors (Lipinski definition) is 2. The van der Waals surface area contributed by atoms with Gasteiger partial charge in [-0.1, -0.05) is 9.98 Å². The van der Waals surface area contributed by atoms with Gasteiger partial charge in [-0.2, -0.15) is 0 Å². The predicted molar refractivity (Wildman–Crippen MR) is 189 cm³/mol. The Bertz CT molecular complexity index is 1380. The Morgan fingerprint density at radius 2 is 0.615 bits per heavy atom. The molecule has 0 fully saturated rings. The normalized spacial score (nSPS) is 17.0. The molecule has 0 saturated heterocycles. The fourth-order valence-electron chi connectivity index (χ4n) is 3.74. The number of halogens is 12. The molecule has 0 spiro atoms. The van der Waals surface area contributed by atoms with Crippen molar-refractivity contribution in [2.45, 2.75) is 0 Å². The Kier molecular flexibility index (Phi) is 15.3. The summed E-state index contributed by atoms with van der Waals surface area (Å²) in [5.74, 6) is 3.14. The quantitative estimate of drug-likeness (QED) is 0.0767. The van der Waals surface area contributed by atoms with Crippen LogP contribution in [0.1, 0.15) is 0 Å². The van der Waals surface area contributed by atoms with Crippen molar-refractivity contribution in [3.8, 4) is 0 Å². The molecule has 1 rings (SSSR count). The van der Waals surface area contributed by atoms with Crippen LogP contribution in [0.3, 0.4) is 0 Å². The first-order valence-electron chi connectivity index (χ1n) is 14.4. The maximum absolute atomic E-state index is 10.7. The van der Waals surface area contributed by atoms with Crippen LogP contribution in [0.15, 0.2) is 43.5 Å². The van der Waals surface area contributed by atoms with Crippen LogP contribution < -0.4 is 0 Å². The molecule has 308 valence electrons. The molecule has 52 heavy (non-hydrogen) atoms. The van der Waals surface area contributed by atoms with Crippen LogP contribution in [0, 0.1) is 0 Å². The standard InChI is InChI=1S/C26H50N12.2F6P/c1-31(2)23(32(3)4)27-19-17-21(29-25(35(9)10)36(11)12)22(30-26(37(13)14)38(15)16)18-20(19)28-24(33(5)6)34(7)8;2*1-7(2,3,4,5)6/h17-18H,1-16H3;;/q+2;2*-1. The van der Waals surface area contributed by atoms with Crippen LogP contribution in [0.5, 0.6) is 0 Å². The molecule has 0 aromatic carbocycles. The summed E-state index contributed by atoms with van der Waals surface area (Å²) in [6, 6.07) is 0. The zero-order valence-corrected chi connectivity index (χ0v) is 33.7. The molecule has 0 atom stereocenters. The van der Waals surface area contributed by atoms with Gasteiger partial charge in [-0.05, 0) is 0 Å². The summed E-state index contributed by atoms with van der Waals surface area (Å²) in [6.07, 6.45) is 3.92. The number of rotatable bonds is 2. The van der Waals surface area contributed by atoms with Gasteiger partial charge in [0, 0.05) is 68.5 Å². The fourth-order valence-corrected chi connectivity index (χ4v) is 3.74. The summed E-state index contributed by atoms with van der Waals surface area (Å²) in [7, 11) is 10.3. The van der Waals surface area contributed by atoms with E-state index in [9.17, 15) is 50.4 Å². The SMILES string of the molecule is CN(C)C(=NC1=CC(=N\C(N(C)C)=[N+](C)C)/C(N=C(N(C)C)N(C)C)=CC/1=N\C(N(C)C)=[N+](C)C)N(C)C.F[P-](F)(F)(F)(F)F.F[P-](F)(F)(F)(F)F. The number of nitrogens with zero attached hydrogens (tertiary/aromatic N) is 12. The van der Waals surface area contributed by atoms with Crippen molar-refractivity contribution in [2.24, 2.45) is 20.0 Å². The number of allylic oxidation sites excluding steroid dienone is 2. The molecule has 0 amide bonds. The van der Waals surface area contributed by atoms with Gasteiger partial charge in [0.25, 0.3) is 0 Å². The van der Waals surface area contributed by atoms with Crippen molar-refractivity contribution in [3.63, 3.8) is 0 Å². The predicted octanol–water partition coefficient (Wildman–Crippen LogP) is 6.75. The van der Waals surface area contributed by atoms with Gasteiger partial charge in [0.05, 0.1) is 56.4 Å². The van der Waals surface area contributed by atoms with Crippen molar-refractivity contribution in [1.29, 1.82) is 0 Å². The van der Waals surface area contributed by atoms with Crippen LogP contribution in [0.4, 0.5) is 50.4 Å². The third kappa shape index (κ3) is 26.1. The molecule has 1 aliphatic carbocycles. The molecule has 0 radical (unpaired) electrons. The second-order valence-corrected chi connectivity index (χ2v) is 16.4. The van der Waals surface area contributed by atoms with Crippen molar-refractivity contribution in [2.75, 3.05) is 113 Å². The first kappa shape index (κ1) is 50.4. The first-order chi connectivity index (χ1) is 22.4. The average Bonchev–Trinajstić information content (AvgIpc) is 2.82. The van der Waals surface area contributed by atoms with E-state index in [1.54, 1.807) is 0 Å². The van der Waals surface area contributed by atoms with Crippen molar-refractivity contribution < 1.29 is 59.5 Å². The van der Waals surface area contributed by atoms with Gasteiger partial charge >= 0.3 is 77.9 Å². The van der Waals surface area contributed by atoms with Gasteiger partial charge in [0.2, 0.25) is 11.9 Å². The van der Waals surface area contributed by atoms with Crippen LogP contribution in [0.2, 0.25) is 0 Å². The second-order valence-electron chi connectivity index (χ2n) is 12.5. The Balaban J connectivity index is 0. The topological polar surface area (TPSA) is 74.9 Å². The van der Waals surface area contributed by atoms with E-state index in [1.807, 2.05) is 163 Å². The van der Waals surface area contributed by atoms with E-state index in [0.29, 0.717) is 22.8 Å². The summed E-state index contributed by atoms with van der Waals surface area (Å²) in [5.41, 5.74) is 2.76. The molecular weight excluding hydrogens is 770 g/mol. The molecule has 1 aliphatic rings. The molecule has 12 nitrogen and oxygen atoms in total. The molecule has 0 N–H and O–H groups in total. The minimum atomic E-state index is -10.7. The molecule has 0 saturated carbocycles. The van der Waals surface area contributed by atoms with Gasteiger partial charge in [0.15, 0.2) is 11.4 Å². The molecule has 0 unspecified atom stereocenters. The molecule has 0 bridgehead atoms. The van der Waals surface area contributed by atoms with Crippen LogP contribution >= 0.6 is 15.6 Å². The van der Waals surface area contributed by atoms with Crippen molar-refractivity contribution in [1.82, 2.24) is 29.4 Å². The van der Waals surface area contributed by atoms with Gasteiger partial charge in [-0.25, -0.2) is 9.98 Å². The third-order valence-electron chi connectivity index (χ3n) is 5.15. The molecule has 0 aromatic heterocycles. The number of aliphatic imine (C=N–C) groups is 4. The first-order valence-corrected chi connectivity index (χ1v) is 18.5. The number of hydrogen-bond donors (Lipinski definition) is 0. The van der Waals surface area contributed by atoms with E-state index in [0.717, 1.165) is 23.8 Å². The molecule has 0 aromatic rings. The summed E-state index contributed by atoms with van der Waals surface area (Å²) < 4.78 is 122. The molecule has 26 heteroatoms. The summed E-state index contributed by atoms with van der Waals surface area (Å²) in [6.45, 7) is 0. The third-order valence-corrected chi connectivity index (χ3v) is 5.15. The monoisotopic (exact) mass is 820 g/mol. The Morgan fingerprint density at radius 3 is 0.750 bits per heavy atom. The Morgan fingerprint density at radius 1 is 0.423 bits per heavy atom. The van der Waals surface area contributed by atoms with Gasteiger partial charge in [-0.3, -0.25) is 19.0 Å². The maximum atomic E-state index is 9.87. The fraction of sp³-hybridized carbons (Fsp3) is 0.615. The van der Waals surface area contributed by atoms with Crippen LogP contribution in [-0.4, -0.2) is 187 Å². The van der Waals surface area contributed by atoms with E-state index in [1.165, 1.54) is 0 Å². The van der Waals surface area contributed by atoms with Gasteiger partial charge in [0.1, 0.15) is 11.4 Å². The molecule has 0 aliphatic heterocycles. The Hall–Kier alpha value is -3.68. The van der Waals surface area contributed by atoms with E-state index in [4.69, 9.17) is 20.0 Å². The van der Waals surface area contributed by atoms with Crippen LogP contribution in [0.25, 0.3) is 0 Å². The summed E-state index contributed by atoms with van der Waals surface area (Å²) >= 11 is 0. The molecule has 0 heterocycles. The van der Waals surface area contributed by atoms with E-state index >= 15 is 0 Å². The summed E-state index contributed by atoms with van der Waals surface area (Å²) in [4.78, 5) is 32.0. The van der Waals surface area contributed by atoms with Crippen LogP contribution in [-0.2, 0) is 0 Å². The molecular formula is C26H50F12N12P2. The second kappa shape index (κ2) is 15.7. The minimum absolute atomic E-state index is 0.689. The number of guanidine groups is 4. The zero-order chi connectivity index (χ0) is 42.3. The average molecular weight is 821 g/mol. The van der Waals surface area contributed by atoms with E-state index < -0.39 is 15.6 Å². The Labute approximate surface area is 296 Å². The zero-order valence-electron chi connectivity index (χ0n) is 32.0. The summed E-state index contributed by atoms with van der Waals surface area (Å²) in [5, 5.41) is 0. The van der Waals surface area contributed by atoms with Crippen molar-refractivity contribution in [3.05, 3.63) is 23.5 Å². The van der Waals surface area contributed by atoms with E-state index in [-0.39, 0.29) is 0 Å². The van der Waals surface area contributed by atoms with E-state index in [2.05, 4.69) is 0 Å². The van der Waals surface area contributed by atoms with Gasteiger partial charge in [-0.15, -0.1) is 0 Å². The van der Waals surface area contributed by atoms with Gasteiger partial charge < -0.3 is 19.6 Å². The van der Waals surface area contributed by atoms with Crippen molar-refractivity contribution >= 4 is 50.9 Å².